The standard InChI is InChI=1S/C25H22ClF3O6/c1-4-32-23(30)14(2)34-24(31)15(3)33-19-8-5-16-6-9-20(12-17(16)11-19)35-22-10-7-18(13-21(22)26)25(27,28)29/h5-15H,4H2,1-3H3/t14-,15+/m0/s1. The van der Waals surface area contributed by atoms with Gasteiger partial charge in [-0.1, -0.05) is 23.7 Å². The molecule has 3 aromatic rings. The van der Waals surface area contributed by atoms with E-state index in [1.165, 1.54) is 13.8 Å². The number of halogens is 4. The Morgan fingerprint density at radius 3 is 2.17 bits per heavy atom. The number of hydrogen-bond acceptors (Lipinski definition) is 6. The van der Waals surface area contributed by atoms with Gasteiger partial charge in [0.05, 0.1) is 17.2 Å². The summed E-state index contributed by atoms with van der Waals surface area (Å²) in [5.41, 5.74) is -0.876. The number of rotatable bonds is 8. The topological polar surface area (TPSA) is 71.1 Å². The lowest BCUT2D eigenvalue weighted by Gasteiger charge is -2.17. The number of benzene rings is 3. The van der Waals surface area contributed by atoms with Crippen LogP contribution < -0.4 is 9.47 Å². The van der Waals surface area contributed by atoms with Gasteiger partial charge in [-0.2, -0.15) is 13.2 Å². The van der Waals surface area contributed by atoms with E-state index in [1.54, 1.807) is 43.3 Å². The lowest BCUT2D eigenvalue weighted by molar-refractivity contribution is -0.170. The molecule has 0 saturated carbocycles. The first-order chi connectivity index (χ1) is 16.5. The molecule has 3 rings (SSSR count). The molecule has 0 saturated heterocycles. The number of carbonyl (C=O) groups excluding carboxylic acids is 2. The molecule has 0 fully saturated rings. The monoisotopic (exact) mass is 510 g/mol. The summed E-state index contributed by atoms with van der Waals surface area (Å²) in [5, 5.41) is 1.33. The van der Waals surface area contributed by atoms with Gasteiger partial charge in [-0.05, 0) is 74.0 Å². The zero-order chi connectivity index (χ0) is 25.8. The van der Waals surface area contributed by atoms with Gasteiger partial charge in [-0.25, -0.2) is 9.59 Å². The molecule has 6 nitrogen and oxygen atoms in total. The molecule has 0 N–H and O–H groups in total. The fourth-order valence-corrected chi connectivity index (χ4v) is 3.28. The summed E-state index contributed by atoms with van der Waals surface area (Å²) in [6.07, 6.45) is -6.58. The van der Waals surface area contributed by atoms with Crippen LogP contribution in [0.15, 0.2) is 54.6 Å². The minimum Gasteiger partial charge on any atom is -0.479 e. The van der Waals surface area contributed by atoms with Crippen molar-refractivity contribution in [3.05, 3.63) is 65.2 Å². The Balaban J connectivity index is 1.72. The van der Waals surface area contributed by atoms with E-state index in [4.69, 9.17) is 30.5 Å². The van der Waals surface area contributed by atoms with Crippen molar-refractivity contribution in [1.82, 2.24) is 0 Å². The first-order valence-electron chi connectivity index (χ1n) is 10.6. The molecule has 3 aromatic carbocycles. The summed E-state index contributed by atoms with van der Waals surface area (Å²) in [6, 6.07) is 13.0. The molecular formula is C25H22ClF3O6. The van der Waals surface area contributed by atoms with E-state index in [1.807, 2.05) is 0 Å². The van der Waals surface area contributed by atoms with E-state index in [2.05, 4.69) is 0 Å². The summed E-state index contributed by atoms with van der Waals surface area (Å²) in [5.74, 6) is -0.625. The largest absolute Gasteiger partial charge is 0.479 e. The maximum absolute atomic E-state index is 12.8. The first kappa shape index (κ1) is 26.2. The van der Waals surface area contributed by atoms with Gasteiger partial charge in [0.2, 0.25) is 0 Å². The van der Waals surface area contributed by atoms with Crippen LogP contribution in [-0.4, -0.2) is 30.8 Å². The fourth-order valence-electron chi connectivity index (χ4n) is 3.06. The molecule has 35 heavy (non-hydrogen) atoms. The second-order valence-electron chi connectivity index (χ2n) is 7.51. The summed E-state index contributed by atoms with van der Waals surface area (Å²) in [6.45, 7) is 4.70. The van der Waals surface area contributed by atoms with Crippen LogP contribution >= 0.6 is 11.6 Å². The quantitative estimate of drug-likeness (QED) is 0.319. The number of alkyl halides is 3. The smallest absolute Gasteiger partial charge is 0.416 e. The van der Waals surface area contributed by atoms with Crippen molar-refractivity contribution in [2.24, 2.45) is 0 Å². The van der Waals surface area contributed by atoms with E-state index in [0.717, 1.165) is 23.6 Å². The van der Waals surface area contributed by atoms with E-state index in [0.29, 0.717) is 16.9 Å². The molecule has 0 aliphatic heterocycles. The first-order valence-corrected chi connectivity index (χ1v) is 11.0. The van der Waals surface area contributed by atoms with E-state index in [-0.39, 0.29) is 17.4 Å². The van der Waals surface area contributed by atoms with Gasteiger partial charge in [-0.3, -0.25) is 0 Å². The van der Waals surface area contributed by atoms with Crippen molar-refractivity contribution < 1.29 is 41.7 Å². The minimum absolute atomic E-state index is 0.0681. The Bertz CT molecular complexity index is 1230. The number of fused-ring (bicyclic) bond motifs is 1. The minimum atomic E-state index is -4.51. The molecule has 0 aliphatic rings. The maximum atomic E-state index is 12.8. The molecule has 0 bridgehead atoms. The van der Waals surface area contributed by atoms with Gasteiger partial charge in [0.1, 0.15) is 17.2 Å². The Morgan fingerprint density at radius 1 is 0.886 bits per heavy atom. The number of carbonyl (C=O) groups is 2. The lowest BCUT2D eigenvalue weighted by Crippen LogP contribution is -2.33. The molecule has 186 valence electrons. The van der Waals surface area contributed by atoms with Crippen molar-refractivity contribution in [3.63, 3.8) is 0 Å². The van der Waals surface area contributed by atoms with Crippen LogP contribution in [0.3, 0.4) is 0 Å². The second kappa shape index (κ2) is 10.9. The van der Waals surface area contributed by atoms with E-state index < -0.39 is 35.9 Å². The highest BCUT2D eigenvalue weighted by Gasteiger charge is 2.31. The van der Waals surface area contributed by atoms with Gasteiger partial charge in [0.15, 0.2) is 12.2 Å². The van der Waals surface area contributed by atoms with Crippen LogP contribution in [0.2, 0.25) is 5.02 Å². The van der Waals surface area contributed by atoms with Crippen LogP contribution in [0.1, 0.15) is 26.3 Å². The van der Waals surface area contributed by atoms with Crippen LogP contribution in [0.25, 0.3) is 10.8 Å². The molecule has 0 aliphatic carbocycles. The summed E-state index contributed by atoms with van der Waals surface area (Å²) in [7, 11) is 0. The predicted molar refractivity (Wildman–Crippen MR) is 123 cm³/mol. The average Bonchev–Trinajstić information content (AvgIpc) is 2.79. The van der Waals surface area contributed by atoms with Gasteiger partial charge in [-0.15, -0.1) is 0 Å². The predicted octanol–water partition coefficient (Wildman–Crippen LogP) is 6.57. The molecule has 0 heterocycles. The fraction of sp³-hybridized carbons (Fsp3) is 0.280. The van der Waals surface area contributed by atoms with E-state index in [9.17, 15) is 22.8 Å². The molecule has 0 aromatic heterocycles. The normalized spacial score (nSPS) is 13.1. The molecule has 0 unspecified atom stereocenters. The Hall–Kier alpha value is -3.46. The average molecular weight is 511 g/mol. The summed E-state index contributed by atoms with van der Waals surface area (Å²) in [4.78, 5) is 23.9. The van der Waals surface area contributed by atoms with E-state index >= 15 is 0 Å². The highest BCUT2D eigenvalue weighted by Crippen LogP contribution is 2.37. The number of esters is 2. The molecule has 2 atom stereocenters. The third-order valence-corrected chi connectivity index (χ3v) is 5.12. The van der Waals surface area contributed by atoms with Gasteiger partial charge in [0, 0.05) is 0 Å². The summed E-state index contributed by atoms with van der Waals surface area (Å²) >= 11 is 5.97. The van der Waals surface area contributed by atoms with Gasteiger partial charge < -0.3 is 18.9 Å². The Labute approximate surface area is 204 Å². The zero-order valence-corrected chi connectivity index (χ0v) is 19.8. The van der Waals surface area contributed by atoms with Crippen molar-refractivity contribution in [2.75, 3.05) is 6.61 Å². The zero-order valence-electron chi connectivity index (χ0n) is 19.0. The van der Waals surface area contributed by atoms with Crippen molar-refractivity contribution in [1.29, 1.82) is 0 Å². The van der Waals surface area contributed by atoms with Crippen LogP contribution in [-0.2, 0) is 25.2 Å². The highest BCUT2D eigenvalue weighted by molar-refractivity contribution is 6.32. The molecular weight excluding hydrogens is 489 g/mol. The van der Waals surface area contributed by atoms with Crippen LogP contribution in [0.4, 0.5) is 13.2 Å². The molecule has 0 amide bonds. The molecule has 10 heteroatoms. The van der Waals surface area contributed by atoms with Gasteiger partial charge in [0.25, 0.3) is 0 Å². The maximum Gasteiger partial charge on any atom is 0.416 e. The second-order valence-corrected chi connectivity index (χ2v) is 7.91. The Morgan fingerprint density at radius 2 is 1.54 bits per heavy atom. The molecule has 0 radical (unpaired) electrons. The molecule has 0 spiro atoms. The third kappa shape index (κ3) is 6.79. The summed E-state index contributed by atoms with van der Waals surface area (Å²) < 4.78 is 59.7. The number of hydrogen-bond donors (Lipinski definition) is 0. The van der Waals surface area contributed by atoms with Crippen LogP contribution in [0, 0.1) is 0 Å². The number of ether oxygens (including phenoxy) is 4. The SMILES string of the molecule is CCOC(=O)[C@H](C)OC(=O)[C@@H](C)Oc1ccc2ccc(Oc3ccc(C(F)(F)F)cc3Cl)cc2c1. The Kier molecular flexibility index (Phi) is 8.11. The van der Waals surface area contributed by atoms with Crippen molar-refractivity contribution >= 4 is 34.3 Å². The highest BCUT2D eigenvalue weighted by atomic mass is 35.5. The van der Waals surface area contributed by atoms with Crippen LogP contribution in [0.5, 0.6) is 17.2 Å². The lowest BCUT2D eigenvalue weighted by atomic mass is 10.1. The third-order valence-electron chi connectivity index (χ3n) is 4.83. The van der Waals surface area contributed by atoms with Crippen molar-refractivity contribution in [3.8, 4) is 17.2 Å². The van der Waals surface area contributed by atoms with Gasteiger partial charge >= 0.3 is 18.1 Å². The van der Waals surface area contributed by atoms with Crippen molar-refractivity contribution in [2.45, 2.75) is 39.2 Å².